The average Bonchev–Trinajstić information content (AvgIpc) is 3.07. The average molecular weight is 439 g/mol. The van der Waals surface area contributed by atoms with Crippen LogP contribution in [0.1, 0.15) is 53.6 Å². The van der Waals surface area contributed by atoms with E-state index in [1.165, 1.54) is 36.8 Å². The van der Waals surface area contributed by atoms with Gasteiger partial charge in [0.05, 0.1) is 0 Å². The van der Waals surface area contributed by atoms with Crippen LogP contribution in [0.25, 0.3) is 0 Å². The second kappa shape index (κ2) is 9.52. The Balaban J connectivity index is 1.50. The first-order chi connectivity index (χ1) is 16.2. The lowest BCUT2D eigenvalue weighted by molar-refractivity contribution is 0.0931. The summed E-state index contributed by atoms with van der Waals surface area (Å²) in [5, 5.41) is 3.32. The number of piperidine rings is 1. The SMILES string of the molecule is CN1C2CCC1CC(CC(CNC(=O)c1ccccc1)(c1ccccc1)c1ccccc1)C2. The van der Waals surface area contributed by atoms with Crippen molar-refractivity contribution in [3.8, 4) is 0 Å². The number of hydrogen-bond acceptors (Lipinski definition) is 2. The molecule has 170 valence electrons. The number of hydrogen-bond donors (Lipinski definition) is 1. The van der Waals surface area contributed by atoms with Crippen LogP contribution in [0.3, 0.4) is 0 Å². The molecule has 0 aromatic heterocycles. The standard InChI is InChI=1S/C30H34N2O/c1-32-27-17-18-28(32)20-23(19-27)21-30(25-13-7-3-8-14-25,26-15-9-4-10-16-26)22-31-29(33)24-11-5-2-6-12-24/h2-16,23,27-28H,17-22H2,1H3,(H,31,33). The van der Waals surface area contributed by atoms with Crippen LogP contribution >= 0.6 is 0 Å². The van der Waals surface area contributed by atoms with Gasteiger partial charge in [-0.25, -0.2) is 0 Å². The lowest BCUT2D eigenvalue weighted by atomic mass is 9.67. The molecule has 2 saturated heterocycles. The molecule has 3 aromatic carbocycles. The summed E-state index contributed by atoms with van der Waals surface area (Å²) in [4.78, 5) is 15.7. The van der Waals surface area contributed by atoms with Crippen LogP contribution in [0, 0.1) is 5.92 Å². The van der Waals surface area contributed by atoms with Gasteiger partial charge in [0.15, 0.2) is 0 Å². The summed E-state index contributed by atoms with van der Waals surface area (Å²) in [5.41, 5.74) is 3.03. The Morgan fingerprint density at radius 3 is 1.82 bits per heavy atom. The minimum atomic E-state index is -0.257. The van der Waals surface area contributed by atoms with E-state index in [9.17, 15) is 4.79 Å². The van der Waals surface area contributed by atoms with Gasteiger partial charge >= 0.3 is 0 Å². The molecule has 3 aromatic rings. The predicted octanol–water partition coefficient (Wildman–Crippen LogP) is 5.67. The molecule has 1 N–H and O–H groups in total. The molecule has 2 aliphatic heterocycles. The third kappa shape index (κ3) is 4.47. The maximum atomic E-state index is 13.1. The van der Waals surface area contributed by atoms with Gasteiger partial charge in [-0.1, -0.05) is 78.9 Å². The molecule has 2 unspecified atom stereocenters. The van der Waals surface area contributed by atoms with Crippen molar-refractivity contribution in [3.63, 3.8) is 0 Å². The topological polar surface area (TPSA) is 32.3 Å². The molecular weight excluding hydrogens is 404 g/mol. The fourth-order valence-electron chi connectivity index (χ4n) is 6.30. The highest BCUT2D eigenvalue weighted by atomic mass is 16.1. The van der Waals surface area contributed by atoms with Crippen LogP contribution in [0.2, 0.25) is 0 Å². The molecule has 2 fully saturated rings. The molecule has 2 bridgehead atoms. The highest BCUT2D eigenvalue weighted by Crippen LogP contribution is 2.45. The number of benzene rings is 3. The first-order valence-electron chi connectivity index (χ1n) is 12.3. The lowest BCUT2D eigenvalue weighted by Crippen LogP contribution is -2.46. The molecule has 2 heterocycles. The Kier molecular flexibility index (Phi) is 6.32. The molecular formula is C30H34N2O. The molecule has 2 atom stereocenters. The molecule has 2 aliphatic rings. The largest absolute Gasteiger partial charge is 0.351 e. The Labute approximate surface area is 197 Å². The molecule has 33 heavy (non-hydrogen) atoms. The lowest BCUT2D eigenvalue weighted by Gasteiger charge is -2.43. The Hall–Kier alpha value is -2.91. The van der Waals surface area contributed by atoms with E-state index in [1.54, 1.807) is 0 Å². The first-order valence-corrected chi connectivity index (χ1v) is 12.3. The molecule has 1 amide bonds. The maximum absolute atomic E-state index is 13.1. The fourth-order valence-corrected chi connectivity index (χ4v) is 6.30. The van der Waals surface area contributed by atoms with Crippen molar-refractivity contribution in [1.82, 2.24) is 10.2 Å². The molecule has 0 aliphatic carbocycles. The molecule has 0 radical (unpaired) electrons. The second-order valence-electron chi connectivity index (χ2n) is 9.95. The number of fused-ring (bicyclic) bond motifs is 2. The molecule has 0 spiro atoms. The van der Waals surface area contributed by atoms with Gasteiger partial charge in [-0.15, -0.1) is 0 Å². The van der Waals surface area contributed by atoms with E-state index >= 15 is 0 Å². The minimum Gasteiger partial charge on any atom is -0.351 e. The normalized spacial score (nSPS) is 22.8. The van der Waals surface area contributed by atoms with Crippen molar-refractivity contribution in [2.75, 3.05) is 13.6 Å². The zero-order valence-electron chi connectivity index (χ0n) is 19.5. The molecule has 5 rings (SSSR count). The van der Waals surface area contributed by atoms with E-state index in [0.717, 1.165) is 6.42 Å². The van der Waals surface area contributed by atoms with Crippen LogP contribution in [0.15, 0.2) is 91.0 Å². The quantitative estimate of drug-likeness (QED) is 0.516. The van der Waals surface area contributed by atoms with Crippen molar-refractivity contribution in [3.05, 3.63) is 108 Å². The van der Waals surface area contributed by atoms with Crippen LogP contribution < -0.4 is 5.32 Å². The first kappa shape index (κ1) is 21.9. The van der Waals surface area contributed by atoms with E-state index in [0.29, 0.717) is 30.1 Å². The van der Waals surface area contributed by atoms with Gasteiger partial charge in [-0.05, 0) is 68.3 Å². The van der Waals surface area contributed by atoms with Crippen LogP contribution in [0.5, 0.6) is 0 Å². The van der Waals surface area contributed by atoms with Crippen molar-refractivity contribution in [1.29, 1.82) is 0 Å². The monoisotopic (exact) mass is 438 g/mol. The fraction of sp³-hybridized carbons (Fsp3) is 0.367. The van der Waals surface area contributed by atoms with Gasteiger partial charge in [-0.3, -0.25) is 4.79 Å². The highest BCUT2D eigenvalue weighted by molar-refractivity contribution is 5.94. The zero-order valence-corrected chi connectivity index (χ0v) is 19.5. The van der Waals surface area contributed by atoms with Gasteiger partial charge < -0.3 is 10.2 Å². The number of carbonyl (C=O) groups is 1. The summed E-state index contributed by atoms with van der Waals surface area (Å²) in [5.74, 6) is 0.642. The van der Waals surface area contributed by atoms with Crippen LogP contribution in [-0.2, 0) is 5.41 Å². The summed E-state index contributed by atoms with van der Waals surface area (Å²) in [6.45, 7) is 0.594. The van der Waals surface area contributed by atoms with Crippen molar-refractivity contribution in [2.24, 2.45) is 5.92 Å². The van der Waals surface area contributed by atoms with Crippen LogP contribution in [-0.4, -0.2) is 36.5 Å². The second-order valence-corrected chi connectivity index (χ2v) is 9.95. The predicted molar refractivity (Wildman–Crippen MR) is 134 cm³/mol. The zero-order chi connectivity index (χ0) is 22.7. The summed E-state index contributed by atoms with van der Waals surface area (Å²) in [6, 6.07) is 32.6. The smallest absolute Gasteiger partial charge is 0.251 e. The molecule has 3 heteroatoms. The van der Waals surface area contributed by atoms with E-state index in [-0.39, 0.29) is 11.3 Å². The number of rotatable bonds is 7. The Morgan fingerprint density at radius 1 is 0.818 bits per heavy atom. The molecule has 3 nitrogen and oxygen atoms in total. The summed E-state index contributed by atoms with van der Waals surface area (Å²) < 4.78 is 0. The third-order valence-electron chi connectivity index (χ3n) is 8.07. The number of nitrogens with one attached hydrogen (secondary N) is 1. The highest BCUT2D eigenvalue weighted by Gasteiger charge is 2.43. The van der Waals surface area contributed by atoms with E-state index in [2.05, 4.69) is 77.9 Å². The van der Waals surface area contributed by atoms with E-state index < -0.39 is 0 Å². The van der Waals surface area contributed by atoms with Gasteiger partial charge in [0.1, 0.15) is 0 Å². The third-order valence-corrected chi connectivity index (χ3v) is 8.07. The maximum Gasteiger partial charge on any atom is 0.251 e. The van der Waals surface area contributed by atoms with Crippen molar-refractivity contribution in [2.45, 2.75) is 49.6 Å². The minimum absolute atomic E-state index is 0.00437. The number of amides is 1. The van der Waals surface area contributed by atoms with Gasteiger partial charge in [-0.2, -0.15) is 0 Å². The molecule has 0 saturated carbocycles. The Morgan fingerprint density at radius 2 is 1.30 bits per heavy atom. The summed E-state index contributed by atoms with van der Waals surface area (Å²) in [7, 11) is 2.31. The summed E-state index contributed by atoms with van der Waals surface area (Å²) in [6.07, 6.45) is 6.21. The van der Waals surface area contributed by atoms with Crippen LogP contribution in [0.4, 0.5) is 0 Å². The summed E-state index contributed by atoms with van der Waals surface area (Å²) >= 11 is 0. The Bertz CT molecular complexity index is 997. The van der Waals surface area contributed by atoms with Crippen molar-refractivity contribution >= 4 is 5.91 Å². The van der Waals surface area contributed by atoms with Gasteiger partial charge in [0.2, 0.25) is 0 Å². The van der Waals surface area contributed by atoms with E-state index in [1.807, 2.05) is 30.3 Å². The van der Waals surface area contributed by atoms with Gasteiger partial charge in [0.25, 0.3) is 5.91 Å². The number of nitrogens with zero attached hydrogens (tertiary/aromatic N) is 1. The van der Waals surface area contributed by atoms with E-state index in [4.69, 9.17) is 0 Å². The number of carbonyl (C=O) groups excluding carboxylic acids is 1. The van der Waals surface area contributed by atoms with Gasteiger partial charge in [0, 0.05) is 29.6 Å². The van der Waals surface area contributed by atoms with Crippen molar-refractivity contribution < 1.29 is 4.79 Å².